The van der Waals surface area contributed by atoms with E-state index in [-0.39, 0.29) is 40.8 Å². The highest BCUT2D eigenvalue weighted by Crippen LogP contribution is 2.38. The Kier molecular flexibility index (Phi) is 22.3. The maximum absolute atomic E-state index is 8.09. The second-order valence-electron chi connectivity index (χ2n) is 26.6. The Bertz CT molecular complexity index is 5540. The molecule has 0 bridgehead atoms. The van der Waals surface area contributed by atoms with Gasteiger partial charge in [0.2, 0.25) is 22.8 Å². The summed E-state index contributed by atoms with van der Waals surface area (Å²) in [6.45, 7) is 10.1. The number of hydrogen-bond acceptors (Lipinski definition) is 0. The number of rotatable bonds is 10. The van der Waals surface area contributed by atoms with Crippen LogP contribution in [-0.2, 0) is 28.2 Å². The molecule has 0 spiro atoms. The highest BCUT2D eigenvalue weighted by molar-refractivity contribution is 5.82. The van der Waals surface area contributed by atoms with Crippen molar-refractivity contribution in [2.75, 3.05) is 0 Å². The minimum Gasteiger partial charge on any atom is -0.201 e. The standard InChI is InChI=1S/2C27H26N.C22H24N.C21H22N.4CH4/c2*1-19-15-20(2)26(16-24(19)22-11-7-5-8-12-22)27-17-25(21(3)18-28(27)4)23-13-9-6-10-14-23;1-15-12-22(23(5)14-18(15)4)21-13-20(16(2)11-17(21)3)19-9-7-6-8-10-19;1-15-10-11-21(22(4)14-15)20-13-19(16(2)12-17(20)3)18-8-6-5-7-9-18;;;;/h2*5-18H,1-4H3;6-14H,1-5H3;5-14H,1-4H3;4*1H4/q4*+1;;;;/i1D3,3D3;;;1D3,2D3;;;;. The fourth-order valence-corrected chi connectivity index (χ4v) is 13.6. The molecule has 0 atom stereocenters. The van der Waals surface area contributed by atoms with Gasteiger partial charge in [0.25, 0.3) is 0 Å². The smallest absolute Gasteiger partial charge is 0.201 e. The molecule has 0 radical (unpaired) electrons. The SMILES string of the molecule is C.C.C.C.Cc1cc(-c2cc(-c3ccccc3)c(C)cc2C)[n+](C)cc1C.Cc1cc(C)c(-c2cc(-c3ccccc3)c(C)c[n+]2C)cc1-c1ccccc1.[2H]C([2H])([2H])c1cc(C)c(-c2cc(-c3ccccc3)c(C([2H])([2H])[2H])c[n+]2C)cc1-c1ccccc1.[2H]C([2H])([2H])c1ccc(-c2cc(-c3ccccc3)c(C([2H])([2H])[2H])cc2C)[n+](C)c1. The first-order valence-electron chi connectivity index (χ1n) is 40.3. The molecule has 0 saturated carbocycles. The summed E-state index contributed by atoms with van der Waals surface area (Å²) < 4.78 is 103. The molecule has 4 nitrogen and oxygen atoms in total. The van der Waals surface area contributed by atoms with Crippen LogP contribution >= 0.6 is 0 Å². The fraction of sp³-hybridized carbons (Fsp3) is 0.208. The Morgan fingerprint density at radius 1 is 0.190 bits per heavy atom. The van der Waals surface area contributed by atoms with E-state index in [9.17, 15) is 0 Å². The highest BCUT2D eigenvalue weighted by atomic mass is 14.9. The van der Waals surface area contributed by atoms with E-state index in [0.717, 1.165) is 50.3 Å². The second-order valence-corrected chi connectivity index (χ2v) is 26.6. The molecule has 4 aromatic heterocycles. The van der Waals surface area contributed by atoms with Crippen LogP contribution in [0, 0.1) is 89.7 Å². The molecule has 14 aromatic rings. The lowest BCUT2D eigenvalue weighted by atomic mass is 9.92. The van der Waals surface area contributed by atoms with E-state index in [1.165, 1.54) is 94.8 Å². The van der Waals surface area contributed by atoms with Crippen LogP contribution < -0.4 is 18.3 Å². The zero-order chi connectivity index (χ0) is 81.6. The van der Waals surface area contributed by atoms with Crippen LogP contribution in [0.3, 0.4) is 0 Å². The minimum absolute atomic E-state index is 0. The molecule has 4 heterocycles. The molecule has 4 heteroatoms. The normalized spacial score (nSPS) is 12.6. The van der Waals surface area contributed by atoms with E-state index in [1.807, 2.05) is 130 Å². The molecule has 0 amide bonds. The number of nitrogens with zero attached hydrogens (tertiary/aromatic N) is 4. The first kappa shape index (κ1) is 64.6. The lowest BCUT2D eigenvalue weighted by molar-refractivity contribution is -0.660. The van der Waals surface area contributed by atoms with Gasteiger partial charge in [-0.25, -0.2) is 18.3 Å². The summed E-state index contributed by atoms with van der Waals surface area (Å²) in [6.07, 6.45) is 7.71. The Morgan fingerprint density at radius 3 is 0.752 bits per heavy atom. The minimum atomic E-state index is -2.28. The third kappa shape index (κ3) is 18.8. The van der Waals surface area contributed by atoms with Gasteiger partial charge in [-0.1, -0.05) is 236 Å². The van der Waals surface area contributed by atoms with Crippen molar-refractivity contribution in [2.24, 2.45) is 28.2 Å². The number of aryl methyl sites for hydroxylation is 17. The fourth-order valence-electron chi connectivity index (χ4n) is 13.6. The molecule has 105 heavy (non-hydrogen) atoms. The average Bonchev–Trinajstić information content (AvgIpc) is 0.765. The zero-order valence-corrected chi connectivity index (χ0v) is 60.4. The topological polar surface area (TPSA) is 15.5 Å². The lowest BCUT2D eigenvalue weighted by Gasteiger charge is -2.13. The van der Waals surface area contributed by atoms with Gasteiger partial charge >= 0.3 is 0 Å². The van der Waals surface area contributed by atoms with Crippen LogP contribution in [0.5, 0.6) is 0 Å². The highest BCUT2D eigenvalue weighted by Gasteiger charge is 2.23. The van der Waals surface area contributed by atoms with Crippen molar-refractivity contribution in [3.8, 4) is 112 Å². The van der Waals surface area contributed by atoms with E-state index >= 15 is 0 Å². The van der Waals surface area contributed by atoms with Gasteiger partial charge in [-0.3, -0.25) is 0 Å². The third-order valence-corrected chi connectivity index (χ3v) is 19.1. The Morgan fingerprint density at radius 2 is 0.438 bits per heavy atom. The van der Waals surface area contributed by atoms with Gasteiger partial charge in [0, 0.05) is 85.2 Å². The lowest BCUT2D eigenvalue weighted by Crippen LogP contribution is -2.31. The van der Waals surface area contributed by atoms with Gasteiger partial charge in [0.15, 0.2) is 24.8 Å². The van der Waals surface area contributed by atoms with Crippen LogP contribution in [0.4, 0.5) is 0 Å². The summed E-state index contributed by atoms with van der Waals surface area (Å²) in [5.74, 6) is 0. The van der Waals surface area contributed by atoms with Crippen LogP contribution in [0.2, 0.25) is 0 Å². The number of aromatic nitrogens is 4. The molecular weight excluding hydrogens is 1270 g/mol. The largest absolute Gasteiger partial charge is 0.213 e. The van der Waals surface area contributed by atoms with Gasteiger partial charge in [-0.2, -0.15) is 0 Å². The summed E-state index contributed by atoms with van der Waals surface area (Å²) in [5, 5.41) is 0. The first-order chi connectivity index (χ1) is 53.5. The Hall–Kier alpha value is -11.2. The van der Waals surface area contributed by atoms with Crippen LogP contribution in [0.25, 0.3) is 112 Å². The third-order valence-electron chi connectivity index (χ3n) is 19.1. The van der Waals surface area contributed by atoms with E-state index in [2.05, 4.69) is 211 Å². The van der Waals surface area contributed by atoms with E-state index in [1.54, 1.807) is 52.8 Å². The molecule has 0 aliphatic heterocycles. The quantitative estimate of drug-likeness (QED) is 0.121. The van der Waals surface area contributed by atoms with Crippen LogP contribution in [0.15, 0.2) is 286 Å². The predicted molar refractivity (Wildman–Crippen MR) is 453 cm³/mol. The molecule has 0 fully saturated rings. The molecular formula is C101H114N4+4. The predicted octanol–water partition coefficient (Wildman–Crippen LogP) is 25.3. The van der Waals surface area contributed by atoms with E-state index < -0.39 is 27.4 Å². The van der Waals surface area contributed by atoms with E-state index in [4.69, 9.17) is 16.4 Å². The van der Waals surface area contributed by atoms with Crippen molar-refractivity contribution >= 4 is 0 Å². The molecule has 0 saturated heterocycles. The van der Waals surface area contributed by atoms with Crippen molar-refractivity contribution in [1.29, 1.82) is 0 Å². The van der Waals surface area contributed by atoms with Gasteiger partial charge in [0.05, 0.1) is 0 Å². The van der Waals surface area contributed by atoms with Gasteiger partial charge < -0.3 is 0 Å². The molecule has 0 unspecified atom stereocenters. The van der Waals surface area contributed by atoms with Crippen LogP contribution in [0.1, 0.15) is 118 Å². The van der Waals surface area contributed by atoms with Crippen LogP contribution in [-0.4, -0.2) is 0 Å². The van der Waals surface area contributed by atoms with Gasteiger partial charge in [-0.15, -0.1) is 0 Å². The summed E-state index contributed by atoms with van der Waals surface area (Å²) in [4.78, 5) is 0. The van der Waals surface area contributed by atoms with Crippen molar-refractivity contribution < 1.29 is 34.7 Å². The number of pyridine rings is 4. The summed E-state index contributed by atoms with van der Waals surface area (Å²) in [5.41, 5.74) is 32.5. The average molecular weight is 1400 g/mol. The maximum atomic E-state index is 8.09. The Balaban J connectivity index is 0.000000215. The molecule has 0 aliphatic carbocycles. The van der Waals surface area contributed by atoms with Gasteiger partial charge in [-0.05, 0) is 237 Å². The summed E-state index contributed by atoms with van der Waals surface area (Å²) in [7, 11) is 7.88. The summed E-state index contributed by atoms with van der Waals surface area (Å²) in [6, 6.07) is 86.7. The first-order valence-corrected chi connectivity index (χ1v) is 34.3. The molecule has 0 N–H and O–H groups in total. The summed E-state index contributed by atoms with van der Waals surface area (Å²) >= 11 is 0. The number of hydrogen-bond donors (Lipinski definition) is 0. The molecule has 534 valence electrons. The molecule has 14 rings (SSSR count). The van der Waals surface area contributed by atoms with Crippen molar-refractivity contribution in [2.45, 2.75) is 119 Å². The number of benzene rings is 10. The maximum Gasteiger partial charge on any atom is 0.213 e. The second kappa shape index (κ2) is 36.3. The van der Waals surface area contributed by atoms with Gasteiger partial charge in [0.1, 0.15) is 28.2 Å². The zero-order valence-electron chi connectivity index (χ0n) is 72.4. The van der Waals surface area contributed by atoms with E-state index in [0.29, 0.717) is 27.8 Å². The molecule has 10 aromatic carbocycles. The Labute approximate surface area is 648 Å². The molecule has 0 aliphatic rings. The van der Waals surface area contributed by atoms with Crippen molar-refractivity contribution in [1.82, 2.24) is 0 Å². The monoisotopic (exact) mass is 1390 g/mol. The van der Waals surface area contributed by atoms with Crippen molar-refractivity contribution in [3.05, 3.63) is 358 Å². The van der Waals surface area contributed by atoms with Crippen molar-refractivity contribution in [3.63, 3.8) is 0 Å².